The summed E-state index contributed by atoms with van der Waals surface area (Å²) in [6.45, 7) is 1.99. The van der Waals surface area contributed by atoms with Gasteiger partial charge in [0, 0.05) is 5.56 Å². The Morgan fingerprint density at radius 3 is 2.37 bits per heavy atom. The summed E-state index contributed by atoms with van der Waals surface area (Å²) in [6, 6.07) is 7.94. The minimum Gasteiger partial charge on any atom is -0.293 e. The van der Waals surface area contributed by atoms with Crippen molar-refractivity contribution < 1.29 is 13.2 Å². The molecule has 0 unspecified atom stereocenters. The zero-order chi connectivity index (χ0) is 14.3. The molecule has 0 spiro atoms. The molecule has 0 saturated heterocycles. The predicted octanol–water partition coefficient (Wildman–Crippen LogP) is 2.35. The minimum atomic E-state index is -3.33. The Balaban J connectivity index is 2.65. The number of rotatable bonds is 7. The number of benzene rings is 1. The van der Waals surface area contributed by atoms with E-state index in [1.807, 2.05) is 13.0 Å². The van der Waals surface area contributed by atoms with E-state index in [1.165, 1.54) is 24.3 Å². The number of hydrogen-bond acceptors (Lipinski definition) is 4. The average Bonchev–Trinajstić information content (AvgIpc) is 2.38. The third-order valence-electron chi connectivity index (χ3n) is 2.75. The fraction of sp³-hybridized carbons (Fsp3) is 0.429. The summed E-state index contributed by atoms with van der Waals surface area (Å²) in [4.78, 5) is 11.8. The van der Waals surface area contributed by atoms with Crippen LogP contribution in [0.2, 0.25) is 0 Å². The van der Waals surface area contributed by atoms with Gasteiger partial charge in [-0.15, -0.1) is 0 Å². The van der Waals surface area contributed by atoms with E-state index >= 15 is 0 Å². The molecule has 4 nitrogen and oxygen atoms in total. The van der Waals surface area contributed by atoms with Crippen molar-refractivity contribution in [2.75, 3.05) is 11.5 Å². The average molecular weight is 279 g/mol. The van der Waals surface area contributed by atoms with Gasteiger partial charge in [0.2, 0.25) is 0 Å². The van der Waals surface area contributed by atoms with Gasteiger partial charge in [-0.05, 0) is 18.6 Å². The molecule has 0 bridgehead atoms. The van der Waals surface area contributed by atoms with E-state index < -0.39 is 21.4 Å². The smallest absolute Gasteiger partial charge is 0.177 e. The molecule has 0 atom stereocenters. The van der Waals surface area contributed by atoms with Crippen molar-refractivity contribution in [3.8, 4) is 6.07 Å². The summed E-state index contributed by atoms with van der Waals surface area (Å²) in [6.07, 6.45) is 2.39. The number of hydrogen-bond donors (Lipinski definition) is 0. The highest BCUT2D eigenvalue weighted by Crippen LogP contribution is 2.07. The first-order valence-electron chi connectivity index (χ1n) is 6.22. The Kier molecular flexibility index (Phi) is 5.71. The summed E-state index contributed by atoms with van der Waals surface area (Å²) in [5.74, 6) is -0.813. The number of Topliss-reactive ketones (excluding diaryl/α,β-unsaturated/α-hetero) is 1. The summed E-state index contributed by atoms with van der Waals surface area (Å²) < 4.78 is 23.5. The normalized spacial score (nSPS) is 10.9. The lowest BCUT2D eigenvalue weighted by Gasteiger charge is -2.03. The van der Waals surface area contributed by atoms with Crippen LogP contribution in [0.25, 0.3) is 0 Å². The molecule has 19 heavy (non-hydrogen) atoms. The van der Waals surface area contributed by atoms with Crippen LogP contribution in [-0.2, 0) is 9.84 Å². The van der Waals surface area contributed by atoms with Crippen molar-refractivity contribution in [2.45, 2.75) is 26.2 Å². The van der Waals surface area contributed by atoms with Crippen molar-refractivity contribution in [1.29, 1.82) is 5.26 Å². The Morgan fingerprint density at radius 1 is 1.21 bits per heavy atom. The highest BCUT2D eigenvalue weighted by atomic mass is 32.2. The largest absolute Gasteiger partial charge is 0.293 e. The van der Waals surface area contributed by atoms with E-state index in [0.717, 1.165) is 12.8 Å². The number of unbranched alkanes of at least 4 members (excludes halogenated alkanes) is 2. The molecule has 0 fully saturated rings. The predicted molar refractivity (Wildman–Crippen MR) is 73.7 cm³/mol. The molecule has 0 amide bonds. The second-order valence-corrected chi connectivity index (χ2v) is 6.60. The first-order valence-corrected chi connectivity index (χ1v) is 8.04. The molecule has 102 valence electrons. The Hall–Kier alpha value is -1.67. The fourth-order valence-electron chi connectivity index (χ4n) is 1.66. The van der Waals surface area contributed by atoms with Crippen LogP contribution >= 0.6 is 0 Å². The van der Waals surface area contributed by atoms with Gasteiger partial charge in [-0.2, -0.15) is 5.26 Å². The van der Waals surface area contributed by atoms with Gasteiger partial charge in [0.15, 0.2) is 15.6 Å². The van der Waals surface area contributed by atoms with Crippen molar-refractivity contribution >= 4 is 15.6 Å². The van der Waals surface area contributed by atoms with E-state index in [9.17, 15) is 13.2 Å². The second kappa shape index (κ2) is 7.05. The maximum atomic E-state index is 11.8. The molecule has 5 heteroatoms. The zero-order valence-electron chi connectivity index (χ0n) is 10.9. The molecule has 0 aromatic heterocycles. The van der Waals surface area contributed by atoms with Gasteiger partial charge in [-0.25, -0.2) is 8.42 Å². The van der Waals surface area contributed by atoms with E-state index in [0.29, 0.717) is 17.5 Å². The number of nitrogens with zero attached hydrogens (tertiary/aromatic N) is 1. The molecule has 0 aliphatic heterocycles. The van der Waals surface area contributed by atoms with Crippen LogP contribution in [0.1, 0.15) is 42.1 Å². The minimum absolute atomic E-state index is 0.0584. The monoisotopic (exact) mass is 279 g/mol. The first kappa shape index (κ1) is 15.4. The van der Waals surface area contributed by atoms with Crippen molar-refractivity contribution in [2.24, 2.45) is 0 Å². The van der Waals surface area contributed by atoms with Crippen LogP contribution < -0.4 is 0 Å². The lowest BCUT2D eigenvalue weighted by Crippen LogP contribution is -2.19. The summed E-state index contributed by atoms with van der Waals surface area (Å²) in [7, 11) is -3.33. The van der Waals surface area contributed by atoms with Gasteiger partial charge >= 0.3 is 0 Å². The van der Waals surface area contributed by atoms with Gasteiger partial charge in [0.1, 0.15) is 5.75 Å². The fourth-order valence-corrected chi connectivity index (χ4v) is 3.01. The van der Waals surface area contributed by atoms with Crippen molar-refractivity contribution in [3.05, 3.63) is 35.4 Å². The van der Waals surface area contributed by atoms with Crippen LogP contribution in [0.4, 0.5) is 0 Å². The van der Waals surface area contributed by atoms with Gasteiger partial charge in [-0.3, -0.25) is 4.79 Å². The van der Waals surface area contributed by atoms with Crippen LogP contribution in [-0.4, -0.2) is 25.7 Å². The summed E-state index contributed by atoms with van der Waals surface area (Å²) in [5, 5.41) is 8.64. The maximum Gasteiger partial charge on any atom is 0.177 e. The van der Waals surface area contributed by atoms with Crippen molar-refractivity contribution in [1.82, 2.24) is 0 Å². The number of carbonyl (C=O) groups is 1. The molecule has 0 aliphatic rings. The SMILES string of the molecule is CCCCCS(=O)(=O)CC(=O)c1ccc(C#N)cc1. The van der Waals surface area contributed by atoms with Crippen LogP contribution in [0.15, 0.2) is 24.3 Å². The Bertz CT molecular complexity index is 568. The third-order valence-corrected chi connectivity index (χ3v) is 4.36. The molecular formula is C14H17NO3S. The van der Waals surface area contributed by atoms with Gasteiger partial charge in [-0.1, -0.05) is 31.9 Å². The molecular weight excluding hydrogens is 262 g/mol. The molecule has 0 saturated carbocycles. The second-order valence-electron chi connectivity index (χ2n) is 4.41. The topological polar surface area (TPSA) is 75.0 Å². The van der Waals surface area contributed by atoms with E-state index in [2.05, 4.69) is 0 Å². The van der Waals surface area contributed by atoms with E-state index in [-0.39, 0.29) is 5.75 Å². The first-order chi connectivity index (χ1) is 8.98. The van der Waals surface area contributed by atoms with Crippen LogP contribution in [0.3, 0.4) is 0 Å². The summed E-state index contributed by atoms with van der Waals surface area (Å²) in [5.41, 5.74) is 0.778. The molecule has 0 aliphatic carbocycles. The molecule has 1 aromatic rings. The highest BCUT2D eigenvalue weighted by Gasteiger charge is 2.17. The molecule has 1 rings (SSSR count). The standard InChI is InChI=1S/C14H17NO3S/c1-2-3-4-9-19(17,18)11-14(16)13-7-5-12(10-15)6-8-13/h5-8H,2-4,9,11H2,1H3. The van der Waals surface area contributed by atoms with E-state index in [4.69, 9.17) is 5.26 Å². The van der Waals surface area contributed by atoms with Gasteiger partial charge < -0.3 is 0 Å². The molecule has 1 aromatic carbocycles. The lowest BCUT2D eigenvalue weighted by atomic mass is 10.1. The quantitative estimate of drug-likeness (QED) is 0.567. The zero-order valence-corrected chi connectivity index (χ0v) is 11.7. The van der Waals surface area contributed by atoms with Crippen LogP contribution in [0.5, 0.6) is 0 Å². The molecule has 0 radical (unpaired) electrons. The number of sulfone groups is 1. The van der Waals surface area contributed by atoms with Gasteiger partial charge in [0.25, 0.3) is 0 Å². The third kappa shape index (κ3) is 5.23. The highest BCUT2D eigenvalue weighted by molar-refractivity contribution is 7.92. The molecule has 0 N–H and O–H groups in total. The maximum absolute atomic E-state index is 11.8. The van der Waals surface area contributed by atoms with Crippen molar-refractivity contribution in [3.63, 3.8) is 0 Å². The number of carbonyl (C=O) groups excluding carboxylic acids is 1. The number of ketones is 1. The number of nitriles is 1. The van der Waals surface area contributed by atoms with Gasteiger partial charge in [0.05, 0.1) is 17.4 Å². The van der Waals surface area contributed by atoms with Crippen LogP contribution in [0, 0.1) is 11.3 Å². The lowest BCUT2D eigenvalue weighted by molar-refractivity contribution is 0.102. The Labute approximate surface area is 114 Å². The summed E-state index contributed by atoms with van der Waals surface area (Å²) >= 11 is 0. The van der Waals surface area contributed by atoms with E-state index in [1.54, 1.807) is 0 Å². The Morgan fingerprint density at radius 2 is 1.84 bits per heavy atom. The molecule has 0 heterocycles.